The molecule has 0 fully saturated rings. The fourth-order valence-electron chi connectivity index (χ4n) is 1.48. The van der Waals surface area contributed by atoms with Crippen LogP contribution in [0.3, 0.4) is 0 Å². The standard InChI is InChI=1S/C13H12BrN3O2S2/c14-12-3-5-20-13(12)9-17-21(18,19)11-6-10(2-1-4-15)7-16-8-11/h3,5-8,17H,4,9,15H2. The molecular formula is C13H12BrN3O2S2. The van der Waals surface area contributed by atoms with Crippen molar-refractivity contribution in [1.82, 2.24) is 9.71 Å². The number of halogens is 1. The van der Waals surface area contributed by atoms with Crippen molar-refractivity contribution in [1.29, 1.82) is 0 Å². The van der Waals surface area contributed by atoms with Crippen molar-refractivity contribution in [3.8, 4) is 11.8 Å². The molecule has 21 heavy (non-hydrogen) atoms. The Kier molecular flexibility index (Phi) is 5.50. The largest absolute Gasteiger partial charge is 0.320 e. The molecule has 3 N–H and O–H groups in total. The summed E-state index contributed by atoms with van der Waals surface area (Å²) in [4.78, 5) is 4.89. The van der Waals surface area contributed by atoms with Gasteiger partial charge >= 0.3 is 0 Å². The third-order valence-electron chi connectivity index (χ3n) is 2.47. The van der Waals surface area contributed by atoms with Gasteiger partial charge in [-0.05, 0) is 33.4 Å². The molecule has 2 rings (SSSR count). The molecule has 2 aromatic heterocycles. The Morgan fingerprint density at radius 2 is 2.24 bits per heavy atom. The molecule has 5 nitrogen and oxygen atoms in total. The van der Waals surface area contributed by atoms with Crippen LogP contribution in [0.5, 0.6) is 0 Å². The lowest BCUT2D eigenvalue weighted by molar-refractivity contribution is 0.581. The Bertz CT molecular complexity index is 791. The molecule has 0 saturated carbocycles. The SMILES string of the molecule is NCC#Cc1cncc(S(=O)(=O)NCc2sccc2Br)c1. The molecule has 0 bridgehead atoms. The van der Waals surface area contributed by atoms with Gasteiger partial charge in [0.15, 0.2) is 0 Å². The summed E-state index contributed by atoms with van der Waals surface area (Å²) in [5.74, 6) is 5.42. The van der Waals surface area contributed by atoms with Gasteiger partial charge in [-0.15, -0.1) is 11.3 Å². The van der Waals surface area contributed by atoms with E-state index in [0.717, 1.165) is 9.35 Å². The van der Waals surface area contributed by atoms with E-state index < -0.39 is 10.0 Å². The number of hydrogen-bond acceptors (Lipinski definition) is 5. The lowest BCUT2D eigenvalue weighted by atomic mass is 10.3. The minimum atomic E-state index is -3.63. The number of nitrogens with zero attached hydrogens (tertiary/aromatic N) is 1. The summed E-state index contributed by atoms with van der Waals surface area (Å²) in [6.45, 7) is 0.431. The summed E-state index contributed by atoms with van der Waals surface area (Å²) < 4.78 is 27.9. The highest BCUT2D eigenvalue weighted by molar-refractivity contribution is 9.10. The molecule has 0 aliphatic rings. The number of aromatic nitrogens is 1. The summed E-state index contributed by atoms with van der Waals surface area (Å²) in [7, 11) is -3.63. The number of thiophene rings is 1. The first-order valence-electron chi connectivity index (χ1n) is 5.88. The first-order valence-corrected chi connectivity index (χ1v) is 9.04. The van der Waals surface area contributed by atoms with Gasteiger partial charge in [0.05, 0.1) is 6.54 Å². The Morgan fingerprint density at radius 1 is 1.43 bits per heavy atom. The Balaban J connectivity index is 2.17. The van der Waals surface area contributed by atoms with Gasteiger partial charge in [-0.3, -0.25) is 4.98 Å². The van der Waals surface area contributed by atoms with Gasteiger partial charge in [0.25, 0.3) is 0 Å². The van der Waals surface area contributed by atoms with Crippen molar-refractivity contribution in [3.63, 3.8) is 0 Å². The number of rotatable bonds is 4. The van der Waals surface area contributed by atoms with E-state index in [-0.39, 0.29) is 18.0 Å². The van der Waals surface area contributed by atoms with Crippen LogP contribution in [-0.2, 0) is 16.6 Å². The summed E-state index contributed by atoms with van der Waals surface area (Å²) in [6.07, 6.45) is 2.79. The molecule has 110 valence electrons. The molecule has 0 spiro atoms. The zero-order chi connectivity index (χ0) is 15.3. The second kappa shape index (κ2) is 7.15. The molecule has 0 atom stereocenters. The first-order chi connectivity index (χ1) is 10.0. The lowest BCUT2D eigenvalue weighted by Gasteiger charge is -2.06. The second-order valence-corrected chi connectivity index (χ2v) is 7.55. The van der Waals surface area contributed by atoms with Crippen molar-refractivity contribution in [2.24, 2.45) is 5.73 Å². The number of pyridine rings is 1. The van der Waals surface area contributed by atoms with Gasteiger partial charge in [0.2, 0.25) is 10.0 Å². The number of hydrogen-bond donors (Lipinski definition) is 2. The molecule has 0 aromatic carbocycles. The molecule has 2 heterocycles. The van der Waals surface area contributed by atoms with E-state index in [4.69, 9.17) is 5.73 Å². The quantitative estimate of drug-likeness (QED) is 0.784. The van der Waals surface area contributed by atoms with Crippen molar-refractivity contribution < 1.29 is 8.42 Å². The zero-order valence-corrected chi connectivity index (χ0v) is 14.1. The molecule has 0 unspecified atom stereocenters. The minimum absolute atomic E-state index is 0.0824. The van der Waals surface area contributed by atoms with Crippen LogP contribution < -0.4 is 10.5 Å². The molecule has 0 aliphatic heterocycles. The monoisotopic (exact) mass is 385 g/mol. The smallest absolute Gasteiger partial charge is 0.242 e. The predicted molar refractivity (Wildman–Crippen MR) is 86.2 cm³/mol. The van der Waals surface area contributed by atoms with Crippen LogP contribution in [0.25, 0.3) is 0 Å². The molecule has 0 radical (unpaired) electrons. The average molecular weight is 386 g/mol. The summed E-state index contributed by atoms with van der Waals surface area (Å²) >= 11 is 4.84. The van der Waals surface area contributed by atoms with Crippen molar-refractivity contribution in [3.05, 3.63) is 44.8 Å². The first kappa shape index (κ1) is 16.1. The number of nitrogens with two attached hydrogens (primary N) is 1. The van der Waals surface area contributed by atoms with Crippen LogP contribution in [0.4, 0.5) is 0 Å². The van der Waals surface area contributed by atoms with Gasteiger partial charge in [-0.1, -0.05) is 11.8 Å². The number of nitrogens with one attached hydrogen (secondary N) is 1. The molecule has 0 amide bonds. The van der Waals surface area contributed by atoms with Crippen LogP contribution in [0, 0.1) is 11.8 Å². The van der Waals surface area contributed by atoms with E-state index in [9.17, 15) is 8.42 Å². The van der Waals surface area contributed by atoms with Crippen molar-refractivity contribution in [2.75, 3.05) is 6.54 Å². The molecule has 0 saturated heterocycles. The van der Waals surface area contributed by atoms with E-state index in [2.05, 4.69) is 37.5 Å². The van der Waals surface area contributed by atoms with Crippen LogP contribution >= 0.6 is 27.3 Å². The normalized spacial score (nSPS) is 11.0. The fourth-order valence-corrected chi connectivity index (χ4v) is 3.99. The molecule has 2 aromatic rings. The van der Waals surface area contributed by atoms with Crippen LogP contribution in [0.15, 0.2) is 39.3 Å². The maximum absolute atomic E-state index is 12.2. The topological polar surface area (TPSA) is 85.1 Å². The summed E-state index contributed by atoms with van der Waals surface area (Å²) in [5.41, 5.74) is 5.80. The lowest BCUT2D eigenvalue weighted by Crippen LogP contribution is -2.23. The highest BCUT2D eigenvalue weighted by Crippen LogP contribution is 2.22. The maximum atomic E-state index is 12.2. The van der Waals surface area contributed by atoms with Gasteiger partial charge in [0.1, 0.15) is 4.90 Å². The maximum Gasteiger partial charge on any atom is 0.242 e. The zero-order valence-electron chi connectivity index (χ0n) is 10.8. The van der Waals surface area contributed by atoms with Crippen molar-refractivity contribution >= 4 is 37.3 Å². The third-order valence-corrected chi connectivity index (χ3v) is 5.77. The Labute approximate surface area is 135 Å². The van der Waals surface area contributed by atoms with E-state index >= 15 is 0 Å². The highest BCUT2D eigenvalue weighted by atomic mass is 79.9. The number of sulfonamides is 1. The Hall–Kier alpha value is -1.24. The average Bonchev–Trinajstić information content (AvgIpc) is 2.89. The Morgan fingerprint density at radius 3 is 2.90 bits per heavy atom. The fraction of sp³-hybridized carbons (Fsp3) is 0.154. The van der Waals surface area contributed by atoms with Crippen LogP contribution in [0.2, 0.25) is 0 Å². The minimum Gasteiger partial charge on any atom is -0.320 e. The summed E-state index contributed by atoms with van der Waals surface area (Å²) in [5, 5.41) is 1.89. The van der Waals surface area contributed by atoms with E-state index in [0.29, 0.717) is 5.56 Å². The van der Waals surface area contributed by atoms with E-state index in [1.807, 2.05) is 11.4 Å². The second-order valence-electron chi connectivity index (χ2n) is 3.93. The van der Waals surface area contributed by atoms with E-state index in [1.165, 1.54) is 29.8 Å². The highest BCUT2D eigenvalue weighted by Gasteiger charge is 2.15. The third kappa shape index (κ3) is 4.36. The van der Waals surface area contributed by atoms with Crippen LogP contribution in [0.1, 0.15) is 10.4 Å². The molecule has 8 heteroatoms. The van der Waals surface area contributed by atoms with Gasteiger partial charge in [-0.25, -0.2) is 13.1 Å². The molecule has 0 aliphatic carbocycles. The van der Waals surface area contributed by atoms with Gasteiger partial charge in [0, 0.05) is 33.9 Å². The summed E-state index contributed by atoms with van der Waals surface area (Å²) in [6, 6.07) is 3.35. The molecular weight excluding hydrogens is 374 g/mol. The van der Waals surface area contributed by atoms with Gasteiger partial charge in [-0.2, -0.15) is 0 Å². The van der Waals surface area contributed by atoms with Gasteiger partial charge < -0.3 is 5.73 Å². The van der Waals surface area contributed by atoms with E-state index in [1.54, 1.807) is 0 Å². The van der Waals surface area contributed by atoms with Crippen LogP contribution in [-0.4, -0.2) is 19.9 Å². The van der Waals surface area contributed by atoms with Crippen molar-refractivity contribution in [2.45, 2.75) is 11.4 Å². The predicted octanol–water partition coefficient (Wildman–Crippen LogP) is 1.69.